The molecule has 0 unspecified atom stereocenters. The van der Waals surface area contributed by atoms with Crippen LogP contribution < -0.4 is 0 Å². The van der Waals surface area contributed by atoms with E-state index in [0.29, 0.717) is 5.92 Å². The minimum absolute atomic E-state index is 0.139. The van der Waals surface area contributed by atoms with Crippen molar-refractivity contribution in [3.05, 3.63) is 34.4 Å². The first-order valence-electron chi connectivity index (χ1n) is 6.12. The molecule has 2 heteroatoms. The van der Waals surface area contributed by atoms with Crippen LogP contribution in [0.1, 0.15) is 33.4 Å². The Hall–Kier alpha value is -0.760. The van der Waals surface area contributed by atoms with E-state index < -0.39 is 0 Å². The molecule has 0 amide bonds. The standard InChI is InChI=1S/C15H20BrN/c1-10(2)15(4,5)17-11(3)8-12-9-13(16)6-7-14(12)17/h6-10H,1-5H3. The van der Waals surface area contributed by atoms with E-state index in [1.165, 1.54) is 16.6 Å². The topological polar surface area (TPSA) is 4.93 Å². The second-order valence-corrected chi connectivity index (χ2v) is 6.55. The number of aryl methyl sites for hydroxylation is 1. The second kappa shape index (κ2) is 4.16. The summed E-state index contributed by atoms with van der Waals surface area (Å²) in [7, 11) is 0. The van der Waals surface area contributed by atoms with Crippen LogP contribution in [-0.4, -0.2) is 4.57 Å². The molecule has 0 aliphatic heterocycles. The SMILES string of the molecule is Cc1cc2cc(Br)ccc2n1C(C)(C)C(C)C. The molecule has 2 aromatic rings. The van der Waals surface area contributed by atoms with Crippen molar-refractivity contribution >= 4 is 26.8 Å². The van der Waals surface area contributed by atoms with Gasteiger partial charge in [0.15, 0.2) is 0 Å². The van der Waals surface area contributed by atoms with Gasteiger partial charge in [-0.3, -0.25) is 0 Å². The van der Waals surface area contributed by atoms with Crippen molar-refractivity contribution in [3.8, 4) is 0 Å². The fourth-order valence-corrected chi connectivity index (χ4v) is 2.73. The van der Waals surface area contributed by atoms with Crippen molar-refractivity contribution in [2.24, 2.45) is 5.92 Å². The molecule has 0 saturated heterocycles. The van der Waals surface area contributed by atoms with E-state index in [1.54, 1.807) is 0 Å². The van der Waals surface area contributed by atoms with Gasteiger partial charge in [0, 0.05) is 26.6 Å². The van der Waals surface area contributed by atoms with E-state index in [0.717, 1.165) is 4.47 Å². The second-order valence-electron chi connectivity index (χ2n) is 5.63. The summed E-state index contributed by atoms with van der Waals surface area (Å²) < 4.78 is 3.60. The van der Waals surface area contributed by atoms with Crippen molar-refractivity contribution in [2.75, 3.05) is 0 Å². The summed E-state index contributed by atoms with van der Waals surface area (Å²) in [6, 6.07) is 8.78. The van der Waals surface area contributed by atoms with Gasteiger partial charge in [0.1, 0.15) is 0 Å². The number of rotatable bonds is 2. The zero-order chi connectivity index (χ0) is 12.8. The summed E-state index contributed by atoms with van der Waals surface area (Å²) in [4.78, 5) is 0. The molecule has 0 aliphatic carbocycles. The molecular formula is C15H20BrN. The van der Waals surface area contributed by atoms with Crippen LogP contribution in [-0.2, 0) is 5.54 Å². The lowest BCUT2D eigenvalue weighted by Crippen LogP contribution is -2.32. The highest BCUT2D eigenvalue weighted by atomic mass is 79.9. The molecule has 2 rings (SSSR count). The molecule has 0 radical (unpaired) electrons. The number of hydrogen-bond acceptors (Lipinski definition) is 0. The van der Waals surface area contributed by atoms with Gasteiger partial charge in [-0.2, -0.15) is 0 Å². The summed E-state index contributed by atoms with van der Waals surface area (Å²) >= 11 is 3.54. The zero-order valence-corrected chi connectivity index (χ0v) is 12.8. The molecule has 1 aromatic carbocycles. The fraction of sp³-hybridized carbons (Fsp3) is 0.467. The molecule has 0 aliphatic rings. The monoisotopic (exact) mass is 293 g/mol. The Bertz CT molecular complexity index is 549. The molecule has 0 atom stereocenters. The Morgan fingerprint density at radius 3 is 2.41 bits per heavy atom. The van der Waals surface area contributed by atoms with Gasteiger partial charge in [0.25, 0.3) is 0 Å². The van der Waals surface area contributed by atoms with Crippen LogP contribution in [0.5, 0.6) is 0 Å². The molecule has 0 bridgehead atoms. The summed E-state index contributed by atoms with van der Waals surface area (Å²) in [6.45, 7) is 11.4. The van der Waals surface area contributed by atoms with Crippen LogP contribution in [0.2, 0.25) is 0 Å². The quantitative estimate of drug-likeness (QED) is 0.726. The Labute approximate surface area is 112 Å². The van der Waals surface area contributed by atoms with E-state index in [-0.39, 0.29) is 5.54 Å². The van der Waals surface area contributed by atoms with Gasteiger partial charge in [-0.1, -0.05) is 29.8 Å². The Morgan fingerprint density at radius 2 is 1.82 bits per heavy atom. The lowest BCUT2D eigenvalue weighted by Gasteiger charge is -2.34. The molecule has 1 heterocycles. The number of halogens is 1. The lowest BCUT2D eigenvalue weighted by molar-refractivity contribution is 0.254. The van der Waals surface area contributed by atoms with E-state index in [9.17, 15) is 0 Å². The molecule has 1 aromatic heterocycles. The number of hydrogen-bond donors (Lipinski definition) is 0. The summed E-state index contributed by atoms with van der Waals surface area (Å²) in [5, 5.41) is 1.31. The van der Waals surface area contributed by atoms with Crippen molar-refractivity contribution in [3.63, 3.8) is 0 Å². The molecule has 92 valence electrons. The summed E-state index contributed by atoms with van der Waals surface area (Å²) in [5.74, 6) is 0.598. The van der Waals surface area contributed by atoms with E-state index in [1.807, 2.05) is 0 Å². The number of nitrogens with zero attached hydrogens (tertiary/aromatic N) is 1. The number of aromatic nitrogens is 1. The van der Waals surface area contributed by atoms with Gasteiger partial charge >= 0.3 is 0 Å². The van der Waals surface area contributed by atoms with Crippen molar-refractivity contribution in [1.29, 1.82) is 0 Å². The van der Waals surface area contributed by atoms with E-state index in [4.69, 9.17) is 0 Å². The van der Waals surface area contributed by atoms with Crippen LogP contribution in [0.3, 0.4) is 0 Å². The lowest BCUT2D eigenvalue weighted by atomic mass is 9.90. The maximum Gasteiger partial charge on any atom is 0.0488 e. The average Bonchev–Trinajstić information content (AvgIpc) is 2.53. The molecule has 0 saturated carbocycles. The first kappa shape index (κ1) is 12.7. The van der Waals surface area contributed by atoms with Crippen molar-refractivity contribution in [1.82, 2.24) is 4.57 Å². The molecule has 0 N–H and O–H groups in total. The molecular weight excluding hydrogens is 274 g/mol. The first-order valence-corrected chi connectivity index (χ1v) is 6.91. The van der Waals surface area contributed by atoms with Crippen LogP contribution >= 0.6 is 15.9 Å². The summed E-state index contributed by atoms with van der Waals surface area (Å²) in [5.41, 5.74) is 2.79. The van der Waals surface area contributed by atoms with Gasteiger partial charge in [0.2, 0.25) is 0 Å². The van der Waals surface area contributed by atoms with Gasteiger partial charge in [-0.05, 0) is 51.0 Å². The van der Waals surface area contributed by atoms with E-state index in [2.05, 4.69) is 79.4 Å². The Kier molecular flexibility index (Phi) is 3.11. The van der Waals surface area contributed by atoms with Crippen LogP contribution in [0.4, 0.5) is 0 Å². The predicted octanol–water partition coefficient (Wildman–Crippen LogP) is 5.10. The van der Waals surface area contributed by atoms with Crippen molar-refractivity contribution < 1.29 is 0 Å². The minimum atomic E-state index is 0.139. The normalized spacial score (nSPS) is 12.6. The summed E-state index contributed by atoms with van der Waals surface area (Å²) in [6.07, 6.45) is 0. The Morgan fingerprint density at radius 1 is 1.18 bits per heavy atom. The van der Waals surface area contributed by atoms with Crippen molar-refractivity contribution in [2.45, 2.75) is 40.2 Å². The average molecular weight is 294 g/mol. The first-order chi connectivity index (χ1) is 7.84. The highest BCUT2D eigenvalue weighted by Crippen LogP contribution is 2.33. The zero-order valence-electron chi connectivity index (χ0n) is 11.2. The van der Waals surface area contributed by atoms with Crippen LogP contribution in [0.15, 0.2) is 28.7 Å². The third-order valence-corrected chi connectivity index (χ3v) is 4.43. The smallest absolute Gasteiger partial charge is 0.0488 e. The maximum atomic E-state index is 3.54. The van der Waals surface area contributed by atoms with Gasteiger partial charge in [0.05, 0.1) is 0 Å². The predicted molar refractivity (Wildman–Crippen MR) is 78.5 cm³/mol. The molecule has 0 fully saturated rings. The highest BCUT2D eigenvalue weighted by Gasteiger charge is 2.27. The van der Waals surface area contributed by atoms with Crippen LogP contribution in [0.25, 0.3) is 10.9 Å². The number of fused-ring (bicyclic) bond motifs is 1. The van der Waals surface area contributed by atoms with Gasteiger partial charge in [-0.25, -0.2) is 0 Å². The van der Waals surface area contributed by atoms with Crippen LogP contribution in [0, 0.1) is 12.8 Å². The third kappa shape index (κ3) is 2.03. The van der Waals surface area contributed by atoms with E-state index >= 15 is 0 Å². The van der Waals surface area contributed by atoms with Gasteiger partial charge in [-0.15, -0.1) is 0 Å². The third-order valence-electron chi connectivity index (χ3n) is 3.94. The largest absolute Gasteiger partial charge is 0.339 e. The maximum absolute atomic E-state index is 3.54. The fourth-order valence-electron chi connectivity index (χ4n) is 2.35. The van der Waals surface area contributed by atoms with Gasteiger partial charge < -0.3 is 4.57 Å². The number of benzene rings is 1. The highest BCUT2D eigenvalue weighted by molar-refractivity contribution is 9.10. The Balaban J connectivity index is 2.73. The molecule has 1 nitrogen and oxygen atoms in total. The minimum Gasteiger partial charge on any atom is -0.339 e. The molecule has 17 heavy (non-hydrogen) atoms. The molecule has 0 spiro atoms.